The van der Waals surface area contributed by atoms with Gasteiger partial charge < -0.3 is 0 Å². The minimum absolute atomic E-state index is 0.416. The molecule has 1 atom stereocenters. The first-order chi connectivity index (χ1) is 4.56. The normalized spacial score (nSPS) is 15.1. The molecule has 0 aliphatic rings. The third kappa shape index (κ3) is 1.90. The molecule has 56 valence electrons. The maximum Gasteiger partial charge on any atom is 0.233 e. The molecule has 0 bridgehead atoms. The van der Waals surface area contributed by atoms with Crippen molar-refractivity contribution in [3.8, 4) is 0 Å². The van der Waals surface area contributed by atoms with E-state index >= 15 is 0 Å². The van der Waals surface area contributed by atoms with Gasteiger partial charge in [-0.3, -0.25) is 4.79 Å². The third-order valence-electron chi connectivity index (χ3n) is 1.38. The van der Waals surface area contributed by atoms with Crippen molar-refractivity contribution in [3.05, 3.63) is 10.4 Å². The fraction of sp³-hybridized carbons (Fsp3) is 0.800. The largest absolute Gasteiger partial charge is 0.281 e. The summed E-state index contributed by atoms with van der Waals surface area (Å²) in [5.41, 5.74) is 6.96. The molecule has 0 rings (SSSR count). The Hall–Kier alpha value is -0.730. The summed E-state index contributed by atoms with van der Waals surface area (Å²) < 4.78 is 0. The van der Waals surface area contributed by atoms with E-state index in [-0.39, 0.29) is 0 Å². The third-order valence-corrected chi connectivity index (χ3v) is 1.78. The van der Waals surface area contributed by atoms with E-state index < -0.39 is 10.8 Å². The molecule has 0 saturated heterocycles. The Balaban J connectivity index is 4.54. The molecule has 5 heteroatoms. The van der Waals surface area contributed by atoms with Crippen LogP contribution in [0.3, 0.4) is 0 Å². The van der Waals surface area contributed by atoms with Crippen molar-refractivity contribution >= 4 is 16.8 Å². The van der Waals surface area contributed by atoms with Crippen LogP contribution in [0.4, 0.5) is 0 Å². The molecule has 0 unspecified atom stereocenters. The summed E-state index contributed by atoms with van der Waals surface area (Å²) in [6.07, 6.45) is 0.416. The molecule has 0 spiro atoms. The molecule has 0 aromatic rings. The number of azide groups is 1. The van der Waals surface area contributed by atoms with Crippen LogP contribution in [-0.4, -0.2) is 10.8 Å². The number of carbonyl (C=O) groups is 1. The van der Waals surface area contributed by atoms with E-state index in [9.17, 15) is 4.79 Å². The van der Waals surface area contributed by atoms with Crippen molar-refractivity contribution < 1.29 is 4.79 Å². The Morgan fingerprint density at radius 3 is 2.50 bits per heavy atom. The Morgan fingerprint density at radius 1 is 1.90 bits per heavy atom. The second-order valence-corrected chi connectivity index (χ2v) is 2.43. The second kappa shape index (κ2) is 3.44. The zero-order valence-corrected chi connectivity index (χ0v) is 6.59. The Kier molecular flexibility index (Phi) is 3.19. The molecule has 0 radical (unpaired) electrons. The fourth-order valence-electron chi connectivity index (χ4n) is 0.348. The van der Waals surface area contributed by atoms with Gasteiger partial charge in [0.1, 0.15) is 5.54 Å². The Bertz CT molecular complexity index is 183. The molecule has 0 aliphatic heterocycles. The highest BCUT2D eigenvalue weighted by Gasteiger charge is 2.27. The highest BCUT2D eigenvalue weighted by atomic mass is 35.5. The SMILES string of the molecule is CC[C@](C)(N=[N+]=[N-])C(=O)Cl. The van der Waals surface area contributed by atoms with Crippen LogP contribution in [-0.2, 0) is 4.79 Å². The van der Waals surface area contributed by atoms with Gasteiger partial charge in [-0.2, -0.15) is 0 Å². The lowest BCUT2D eigenvalue weighted by Crippen LogP contribution is -2.27. The topological polar surface area (TPSA) is 65.8 Å². The van der Waals surface area contributed by atoms with Gasteiger partial charge >= 0.3 is 0 Å². The summed E-state index contributed by atoms with van der Waals surface area (Å²) in [6.45, 7) is 3.23. The zero-order chi connectivity index (χ0) is 8.20. The van der Waals surface area contributed by atoms with Gasteiger partial charge in [0, 0.05) is 4.91 Å². The number of carbonyl (C=O) groups excluding carboxylic acids is 1. The van der Waals surface area contributed by atoms with Crippen LogP contribution >= 0.6 is 11.6 Å². The van der Waals surface area contributed by atoms with Gasteiger partial charge in [-0.25, -0.2) is 0 Å². The quantitative estimate of drug-likeness (QED) is 0.271. The molecule has 10 heavy (non-hydrogen) atoms. The molecule has 0 saturated carbocycles. The molecule has 0 heterocycles. The Morgan fingerprint density at radius 2 is 2.40 bits per heavy atom. The predicted octanol–water partition coefficient (Wildman–Crippen LogP) is 2.23. The molecule has 0 amide bonds. The van der Waals surface area contributed by atoms with Crippen molar-refractivity contribution in [2.24, 2.45) is 5.11 Å². The van der Waals surface area contributed by atoms with Crippen molar-refractivity contribution in [2.45, 2.75) is 25.8 Å². The minimum Gasteiger partial charge on any atom is -0.281 e. The van der Waals surface area contributed by atoms with Gasteiger partial charge in [0.15, 0.2) is 0 Å². The first kappa shape index (κ1) is 9.27. The molecule has 0 aromatic heterocycles. The predicted molar refractivity (Wildman–Crippen MR) is 38.7 cm³/mol. The maximum absolute atomic E-state index is 10.6. The molecule has 0 aromatic carbocycles. The van der Waals surface area contributed by atoms with Crippen molar-refractivity contribution in [1.29, 1.82) is 0 Å². The summed E-state index contributed by atoms with van der Waals surface area (Å²) in [5, 5.41) is 2.66. The van der Waals surface area contributed by atoms with Crippen LogP contribution in [0.2, 0.25) is 0 Å². The zero-order valence-electron chi connectivity index (χ0n) is 5.83. The summed E-state index contributed by atoms with van der Waals surface area (Å²) in [4.78, 5) is 13.1. The van der Waals surface area contributed by atoms with E-state index in [0.717, 1.165) is 0 Å². The fourth-order valence-corrected chi connectivity index (χ4v) is 0.519. The molecule has 0 N–H and O–H groups in total. The van der Waals surface area contributed by atoms with Gasteiger partial charge in [0.2, 0.25) is 5.24 Å². The first-order valence-corrected chi connectivity index (χ1v) is 3.21. The van der Waals surface area contributed by atoms with Crippen molar-refractivity contribution in [3.63, 3.8) is 0 Å². The van der Waals surface area contributed by atoms with Crippen LogP contribution in [0.5, 0.6) is 0 Å². The highest BCUT2D eigenvalue weighted by Crippen LogP contribution is 2.18. The average Bonchev–Trinajstić information content (AvgIpc) is 1.88. The van der Waals surface area contributed by atoms with Crippen LogP contribution < -0.4 is 0 Å². The summed E-state index contributed by atoms with van der Waals surface area (Å²) >= 11 is 5.16. The number of hydrogen-bond acceptors (Lipinski definition) is 2. The molecule has 0 fully saturated rings. The molecule has 4 nitrogen and oxygen atoms in total. The first-order valence-electron chi connectivity index (χ1n) is 2.83. The van der Waals surface area contributed by atoms with Gasteiger partial charge in [-0.1, -0.05) is 12.0 Å². The van der Waals surface area contributed by atoms with Gasteiger partial charge in [0.05, 0.1) is 0 Å². The van der Waals surface area contributed by atoms with E-state index in [4.69, 9.17) is 17.1 Å². The van der Waals surface area contributed by atoms with Crippen LogP contribution in [0.15, 0.2) is 5.11 Å². The van der Waals surface area contributed by atoms with Gasteiger partial charge in [-0.05, 0) is 30.5 Å². The monoisotopic (exact) mass is 161 g/mol. The lowest BCUT2D eigenvalue weighted by molar-refractivity contribution is -0.115. The average molecular weight is 162 g/mol. The lowest BCUT2D eigenvalue weighted by atomic mass is 10.0. The van der Waals surface area contributed by atoms with E-state index in [1.807, 2.05) is 0 Å². The van der Waals surface area contributed by atoms with Crippen LogP contribution in [0.1, 0.15) is 20.3 Å². The Labute approximate surface area is 63.8 Å². The van der Waals surface area contributed by atoms with Gasteiger partial charge in [-0.15, -0.1) is 0 Å². The van der Waals surface area contributed by atoms with E-state index in [2.05, 4.69) is 10.0 Å². The number of rotatable bonds is 3. The summed E-state index contributed by atoms with van der Waals surface area (Å²) in [6, 6.07) is 0. The maximum atomic E-state index is 10.6. The van der Waals surface area contributed by atoms with E-state index in [0.29, 0.717) is 6.42 Å². The minimum atomic E-state index is -1.07. The molecular weight excluding hydrogens is 154 g/mol. The molecular formula is C5H8ClN3O. The smallest absolute Gasteiger partial charge is 0.233 e. The van der Waals surface area contributed by atoms with Crippen molar-refractivity contribution in [1.82, 2.24) is 0 Å². The number of halogens is 1. The second-order valence-electron chi connectivity index (χ2n) is 2.09. The van der Waals surface area contributed by atoms with E-state index in [1.54, 1.807) is 6.92 Å². The summed E-state index contributed by atoms with van der Waals surface area (Å²) in [5.74, 6) is 0. The summed E-state index contributed by atoms with van der Waals surface area (Å²) in [7, 11) is 0. The van der Waals surface area contributed by atoms with Crippen molar-refractivity contribution in [2.75, 3.05) is 0 Å². The number of nitrogens with zero attached hydrogens (tertiary/aromatic N) is 3. The highest BCUT2D eigenvalue weighted by molar-refractivity contribution is 6.65. The number of hydrogen-bond donors (Lipinski definition) is 0. The molecule has 0 aliphatic carbocycles. The van der Waals surface area contributed by atoms with Crippen LogP contribution in [0.25, 0.3) is 10.4 Å². The van der Waals surface area contributed by atoms with Crippen LogP contribution in [0, 0.1) is 0 Å². The van der Waals surface area contributed by atoms with Gasteiger partial charge in [0.25, 0.3) is 0 Å². The van der Waals surface area contributed by atoms with E-state index in [1.165, 1.54) is 6.92 Å². The lowest BCUT2D eigenvalue weighted by Gasteiger charge is -2.14. The standard InChI is InChI=1S/C5H8ClN3O/c1-3-5(2,4(6)10)8-9-7/h3H2,1-2H3/t5-/m0/s1.